The lowest BCUT2D eigenvalue weighted by Gasteiger charge is -2.19. The first-order chi connectivity index (χ1) is 14.7. The van der Waals surface area contributed by atoms with Crippen LogP contribution in [0, 0.1) is 5.82 Å². The van der Waals surface area contributed by atoms with E-state index in [4.69, 9.17) is 25.8 Å². The molecule has 0 saturated heterocycles. The van der Waals surface area contributed by atoms with Crippen LogP contribution < -0.4 is 19.8 Å². The SMILES string of the molecule is COc1cc(-n2ccc(OCc3ccc(Cl)cc3F)cc2=O)ccc1OCC(C)(C)O. The second-order valence-electron chi connectivity index (χ2n) is 7.53. The Bertz CT molecular complexity index is 1120. The van der Waals surface area contributed by atoms with Gasteiger partial charge in [0.05, 0.1) is 18.4 Å². The van der Waals surface area contributed by atoms with Crippen molar-refractivity contribution in [3.8, 4) is 22.9 Å². The minimum atomic E-state index is -0.995. The number of ether oxygens (including phenoxy) is 3. The molecule has 2 aromatic carbocycles. The van der Waals surface area contributed by atoms with Crippen LogP contribution >= 0.6 is 11.6 Å². The summed E-state index contributed by atoms with van der Waals surface area (Å²) in [5.41, 5.74) is -0.431. The van der Waals surface area contributed by atoms with Crippen LogP contribution in [0.4, 0.5) is 4.39 Å². The minimum Gasteiger partial charge on any atom is -0.493 e. The maximum atomic E-state index is 13.9. The summed E-state index contributed by atoms with van der Waals surface area (Å²) in [6.07, 6.45) is 1.56. The Morgan fingerprint density at radius 3 is 2.48 bits per heavy atom. The lowest BCUT2D eigenvalue weighted by atomic mass is 10.2. The van der Waals surface area contributed by atoms with Gasteiger partial charge in [-0.1, -0.05) is 17.7 Å². The summed E-state index contributed by atoms with van der Waals surface area (Å²) in [6, 6.07) is 12.3. The van der Waals surface area contributed by atoms with Gasteiger partial charge in [0.1, 0.15) is 24.8 Å². The molecule has 1 heterocycles. The van der Waals surface area contributed by atoms with Crippen molar-refractivity contribution in [2.24, 2.45) is 0 Å². The zero-order chi connectivity index (χ0) is 22.6. The molecule has 0 aliphatic heterocycles. The van der Waals surface area contributed by atoms with Crippen LogP contribution in [0.5, 0.6) is 17.2 Å². The third kappa shape index (κ3) is 5.99. The number of aromatic nitrogens is 1. The number of benzene rings is 2. The first kappa shape index (κ1) is 22.7. The smallest absolute Gasteiger partial charge is 0.258 e. The monoisotopic (exact) mass is 447 g/mol. The second-order valence-corrected chi connectivity index (χ2v) is 7.97. The number of aliphatic hydroxyl groups is 1. The highest BCUT2D eigenvalue weighted by molar-refractivity contribution is 6.30. The van der Waals surface area contributed by atoms with Crippen LogP contribution in [0.1, 0.15) is 19.4 Å². The molecule has 6 nitrogen and oxygen atoms in total. The van der Waals surface area contributed by atoms with Crippen molar-refractivity contribution in [3.63, 3.8) is 0 Å². The molecule has 3 aromatic rings. The van der Waals surface area contributed by atoms with Gasteiger partial charge in [-0.15, -0.1) is 0 Å². The van der Waals surface area contributed by atoms with Crippen LogP contribution in [0.15, 0.2) is 59.5 Å². The normalized spacial score (nSPS) is 11.3. The van der Waals surface area contributed by atoms with Gasteiger partial charge in [0, 0.05) is 28.9 Å². The third-order valence-corrected chi connectivity index (χ3v) is 4.54. The summed E-state index contributed by atoms with van der Waals surface area (Å²) >= 11 is 5.75. The van der Waals surface area contributed by atoms with Crippen molar-refractivity contribution in [2.75, 3.05) is 13.7 Å². The summed E-state index contributed by atoms with van der Waals surface area (Å²) in [5.74, 6) is 0.714. The fourth-order valence-electron chi connectivity index (χ4n) is 2.74. The van der Waals surface area contributed by atoms with Crippen molar-refractivity contribution in [3.05, 3.63) is 81.5 Å². The van der Waals surface area contributed by atoms with Gasteiger partial charge in [-0.25, -0.2) is 4.39 Å². The molecule has 0 atom stereocenters. The molecule has 3 rings (SSSR count). The van der Waals surface area contributed by atoms with Crippen molar-refractivity contribution < 1.29 is 23.7 Å². The van der Waals surface area contributed by atoms with E-state index >= 15 is 0 Å². The number of methoxy groups -OCH3 is 1. The predicted molar refractivity (Wildman–Crippen MR) is 116 cm³/mol. The van der Waals surface area contributed by atoms with E-state index in [1.165, 1.54) is 29.9 Å². The van der Waals surface area contributed by atoms with Gasteiger partial charge in [0.15, 0.2) is 11.5 Å². The number of rotatable bonds is 8. The van der Waals surface area contributed by atoms with E-state index in [0.717, 1.165) is 0 Å². The van der Waals surface area contributed by atoms with Crippen LogP contribution in [0.25, 0.3) is 5.69 Å². The fourth-order valence-corrected chi connectivity index (χ4v) is 2.90. The fraction of sp³-hybridized carbons (Fsp3) is 0.261. The average Bonchev–Trinajstić information content (AvgIpc) is 2.71. The van der Waals surface area contributed by atoms with E-state index in [2.05, 4.69) is 0 Å². The van der Waals surface area contributed by atoms with E-state index < -0.39 is 11.4 Å². The second kappa shape index (κ2) is 9.41. The molecule has 1 N–H and O–H groups in total. The molecule has 0 fully saturated rings. The van der Waals surface area contributed by atoms with Gasteiger partial charge in [-0.2, -0.15) is 0 Å². The minimum absolute atomic E-state index is 0.0342. The Balaban J connectivity index is 1.77. The summed E-state index contributed by atoms with van der Waals surface area (Å²) in [4.78, 5) is 12.6. The van der Waals surface area contributed by atoms with Gasteiger partial charge in [0.2, 0.25) is 0 Å². The zero-order valence-electron chi connectivity index (χ0n) is 17.4. The Kier molecular flexibility index (Phi) is 6.87. The zero-order valence-corrected chi connectivity index (χ0v) is 18.1. The van der Waals surface area contributed by atoms with E-state index in [1.807, 2.05) is 0 Å². The molecule has 0 saturated carbocycles. The molecule has 8 heteroatoms. The van der Waals surface area contributed by atoms with E-state index in [0.29, 0.717) is 33.5 Å². The molecule has 0 aliphatic carbocycles. The average molecular weight is 448 g/mol. The van der Waals surface area contributed by atoms with Gasteiger partial charge in [-0.3, -0.25) is 9.36 Å². The van der Waals surface area contributed by atoms with Crippen molar-refractivity contribution in [1.82, 2.24) is 4.57 Å². The number of pyridine rings is 1. The number of halogens is 2. The molecule has 1 aromatic heterocycles. The number of nitrogens with zero attached hydrogens (tertiary/aromatic N) is 1. The molecule has 164 valence electrons. The Hall–Kier alpha value is -3.03. The summed E-state index contributed by atoms with van der Waals surface area (Å²) in [6.45, 7) is 3.33. The van der Waals surface area contributed by atoms with Gasteiger partial charge in [0.25, 0.3) is 5.56 Å². The Morgan fingerprint density at radius 2 is 1.84 bits per heavy atom. The molecular weight excluding hydrogens is 425 g/mol. The van der Waals surface area contributed by atoms with Crippen molar-refractivity contribution in [2.45, 2.75) is 26.1 Å². The highest BCUT2D eigenvalue weighted by Crippen LogP contribution is 2.30. The summed E-state index contributed by atoms with van der Waals surface area (Å²) < 4.78 is 31.8. The van der Waals surface area contributed by atoms with E-state index in [9.17, 15) is 14.3 Å². The lowest BCUT2D eigenvalue weighted by Crippen LogP contribution is -2.28. The maximum Gasteiger partial charge on any atom is 0.258 e. The van der Waals surface area contributed by atoms with Crippen LogP contribution in [0.3, 0.4) is 0 Å². The molecule has 0 amide bonds. The molecule has 31 heavy (non-hydrogen) atoms. The van der Waals surface area contributed by atoms with Gasteiger partial charge < -0.3 is 19.3 Å². The quantitative estimate of drug-likeness (QED) is 0.555. The molecule has 0 aliphatic rings. The standard InChI is InChI=1S/C23H23ClFNO5/c1-23(2,28)14-31-20-7-6-17(11-21(20)29-3)26-9-8-18(12-22(26)27)30-13-15-4-5-16(24)10-19(15)25/h4-12,28H,13-14H2,1-3H3. The third-order valence-electron chi connectivity index (χ3n) is 4.31. The molecule has 0 unspecified atom stereocenters. The van der Waals surface area contributed by atoms with E-state index in [-0.39, 0.29) is 18.8 Å². The predicted octanol–water partition coefficient (Wildman–Crippen LogP) is 4.37. The van der Waals surface area contributed by atoms with Crippen LogP contribution in [0.2, 0.25) is 5.02 Å². The first-order valence-corrected chi connectivity index (χ1v) is 9.87. The molecular formula is C23H23ClFNO5. The first-order valence-electron chi connectivity index (χ1n) is 9.49. The summed E-state index contributed by atoms with van der Waals surface area (Å²) in [5, 5.41) is 10.1. The van der Waals surface area contributed by atoms with Gasteiger partial charge in [-0.05, 0) is 44.2 Å². The largest absolute Gasteiger partial charge is 0.493 e. The Morgan fingerprint density at radius 1 is 1.06 bits per heavy atom. The maximum absolute atomic E-state index is 13.9. The van der Waals surface area contributed by atoms with Crippen molar-refractivity contribution >= 4 is 11.6 Å². The highest BCUT2D eigenvalue weighted by atomic mass is 35.5. The molecule has 0 spiro atoms. The van der Waals surface area contributed by atoms with Crippen molar-refractivity contribution in [1.29, 1.82) is 0 Å². The highest BCUT2D eigenvalue weighted by Gasteiger charge is 2.16. The number of hydrogen-bond donors (Lipinski definition) is 1. The van der Waals surface area contributed by atoms with Crippen LogP contribution in [-0.4, -0.2) is 29.0 Å². The van der Waals surface area contributed by atoms with E-state index in [1.54, 1.807) is 50.4 Å². The van der Waals surface area contributed by atoms with Gasteiger partial charge >= 0.3 is 0 Å². The molecule has 0 bridgehead atoms. The topological polar surface area (TPSA) is 69.9 Å². The summed E-state index contributed by atoms with van der Waals surface area (Å²) in [7, 11) is 1.49. The lowest BCUT2D eigenvalue weighted by molar-refractivity contribution is 0.0276. The number of hydrogen-bond acceptors (Lipinski definition) is 5. The molecule has 0 radical (unpaired) electrons. The Labute approximate surface area is 184 Å². The van der Waals surface area contributed by atoms with Crippen LogP contribution in [-0.2, 0) is 6.61 Å².